The summed E-state index contributed by atoms with van der Waals surface area (Å²) in [7, 11) is -3.91. The molecule has 1 aliphatic rings. The summed E-state index contributed by atoms with van der Waals surface area (Å²) in [6, 6.07) is 5.91. The van der Waals surface area contributed by atoms with Crippen LogP contribution in [0, 0.1) is 17.1 Å². The van der Waals surface area contributed by atoms with Crippen LogP contribution in [0.4, 0.5) is 10.2 Å². The summed E-state index contributed by atoms with van der Waals surface area (Å²) in [5, 5.41) is 34.0. The van der Waals surface area contributed by atoms with Crippen molar-refractivity contribution in [2.45, 2.75) is 37.5 Å². The van der Waals surface area contributed by atoms with Crippen LogP contribution >= 0.6 is 7.60 Å². The molecule has 15 heteroatoms. The van der Waals surface area contributed by atoms with E-state index < -0.39 is 50.6 Å². The number of anilines is 1. The second kappa shape index (κ2) is 9.92. The van der Waals surface area contributed by atoms with E-state index in [0.29, 0.717) is 16.9 Å². The van der Waals surface area contributed by atoms with Crippen LogP contribution in [0.2, 0.25) is 0 Å². The van der Waals surface area contributed by atoms with Gasteiger partial charge in [-0.05, 0) is 25.1 Å². The van der Waals surface area contributed by atoms with Gasteiger partial charge < -0.3 is 29.7 Å². The zero-order chi connectivity index (χ0) is 25.3. The lowest BCUT2D eigenvalue weighted by atomic mass is 10.1. The van der Waals surface area contributed by atoms with Gasteiger partial charge >= 0.3 is 7.60 Å². The molecule has 0 bridgehead atoms. The van der Waals surface area contributed by atoms with Crippen molar-refractivity contribution in [2.24, 2.45) is 0 Å². The summed E-state index contributed by atoms with van der Waals surface area (Å²) >= 11 is 0. The third kappa shape index (κ3) is 5.47. The van der Waals surface area contributed by atoms with Crippen LogP contribution < -0.4 is 5.32 Å². The lowest BCUT2D eigenvalue weighted by Gasteiger charge is -2.18. The van der Waals surface area contributed by atoms with E-state index in [1.807, 2.05) is 6.07 Å². The van der Waals surface area contributed by atoms with E-state index in [2.05, 4.69) is 29.8 Å². The van der Waals surface area contributed by atoms with Crippen molar-refractivity contribution >= 4 is 24.4 Å². The summed E-state index contributed by atoms with van der Waals surface area (Å²) in [6.45, 7) is 2.28. The minimum atomic E-state index is -3.91. The third-order valence-electron chi connectivity index (χ3n) is 5.25. The molecule has 186 valence electrons. The topological polar surface area (TPSA) is 185 Å². The van der Waals surface area contributed by atoms with Gasteiger partial charge in [0, 0.05) is 12.9 Å². The number of aliphatic hydroxyl groups excluding tert-OH is 2. The lowest BCUT2D eigenvalue weighted by molar-refractivity contribution is -0.238. The fourth-order valence-electron chi connectivity index (χ4n) is 3.61. The number of aliphatic hydroxyl groups is 2. The van der Waals surface area contributed by atoms with Crippen LogP contribution in [0.1, 0.15) is 30.7 Å². The quantitative estimate of drug-likeness (QED) is 0.195. The Morgan fingerprint density at radius 2 is 2.11 bits per heavy atom. The molecule has 0 aromatic carbocycles. The number of hydrogen-bond donors (Lipinski definition) is 4. The molecule has 0 radical (unpaired) electrons. The minimum absolute atomic E-state index is 0.165. The molecule has 2 unspecified atom stereocenters. The Bertz CT molecular complexity index is 1290. The maximum atomic E-state index is 13.2. The molecular formula is C20H22FN6O7P. The molecule has 4 heterocycles. The van der Waals surface area contributed by atoms with E-state index in [-0.39, 0.29) is 11.5 Å². The molecule has 0 aliphatic carbocycles. The smallest absolute Gasteiger partial charge is 0.352 e. The van der Waals surface area contributed by atoms with Gasteiger partial charge in [0.05, 0.1) is 23.3 Å². The fraction of sp³-hybridized carbons (Fsp3) is 0.400. The molecule has 0 saturated carbocycles. The fourth-order valence-corrected chi connectivity index (χ4v) is 3.87. The molecule has 1 aliphatic heterocycles. The van der Waals surface area contributed by atoms with Gasteiger partial charge in [-0.1, -0.05) is 0 Å². The summed E-state index contributed by atoms with van der Waals surface area (Å²) in [4.78, 5) is 26.3. The Labute approximate surface area is 198 Å². The number of hydrogen-bond acceptors (Lipinski definition) is 11. The van der Waals surface area contributed by atoms with Gasteiger partial charge in [-0.3, -0.25) is 9.55 Å². The largest absolute Gasteiger partial charge is 0.387 e. The number of ether oxygens (including phenoxy) is 1. The second-order valence-corrected chi connectivity index (χ2v) is 9.70. The predicted molar refractivity (Wildman–Crippen MR) is 117 cm³/mol. The third-order valence-corrected chi connectivity index (χ3v) is 5.64. The molecule has 6 atom stereocenters. The zero-order valence-electron chi connectivity index (χ0n) is 18.5. The summed E-state index contributed by atoms with van der Waals surface area (Å²) in [6.07, 6.45) is -2.39. The maximum absolute atomic E-state index is 13.2. The van der Waals surface area contributed by atoms with Gasteiger partial charge in [0.2, 0.25) is 5.82 Å². The summed E-state index contributed by atoms with van der Waals surface area (Å²) < 4.78 is 35.9. The molecule has 0 spiro atoms. The number of nitriles is 1. The number of halogens is 1. The molecule has 1 fully saturated rings. The Hall–Kier alpha value is -3.02. The van der Waals surface area contributed by atoms with Crippen LogP contribution in [-0.4, -0.2) is 66.2 Å². The van der Waals surface area contributed by atoms with Crippen LogP contribution in [0.3, 0.4) is 0 Å². The first-order chi connectivity index (χ1) is 16.6. The first-order valence-corrected chi connectivity index (χ1v) is 12.4. The first kappa shape index (κ1) is 25.1. The Morgan fingerprint density at radius 3 is 2.77 bits per heavy atom. The highest BCUT2D eigenvalue weighted by atomic mass is 31.2. The van der Waals surface area contributed by atoms with Gasteiger partial charge in [0.15, 0.2) is 6.23 Å². The van der Waals surface area contributed by atoms with E-state index in [1.54, 1.807) is 19.2 Å². The second-order valence-electron chi connectivity index (χ2n) is 7.94. The van der Waals surface area contributed by atoms with Gasteiger partial charge in [-0.2, -0.15) is 5.26 Å². The lowest BCUT2D eigenvalue weighted by Crippen LogP contribution is -2.33. The van der Waals surface area contributed by atoms with Crippen molar-refractivity contribution in [1.29, 1.82) is 5.26 Å². The van der Waals surface area contributed by atoms with Crippen molar-refractivity contribution < 1.29 is 38.4 Å². The molecular weight excluding hydrogens is 486 g/mol. The minimum Gasteiger partial charge on any atom is -0.387 e. The number of nitrogens with one attached hydrogen (secondary N) is 1. The van der Waals surface area contributed by atoms with Crippen molar-refractivity contribution in [3.05, 3.63) is 47.9 Å². The highest BCUT2D eigenvalue weighted by Crippen LogP contribution is 2.38. The van der Waals surface area contributed by atoms with Crippen LogP contribution in [-0.2, 0) is 18.9 Å². The van der Waals surface area contributed by atoms with E-state index in [9.17, 15) is 24.4 Å². The van der Waals surface area contributed by atoms with Gasteiger partial charge in [-0.25, -0.2) is 19.2 Å². The van der Waals surface area contributed by atoms with Crippen molar-refractivity contribution in [2.75, 3.05) is 18.6 Å². The molecule has 35 heavy (non-hydrogen) atoms. The van der Waals surface area contributed by atoms with Gasteiger partial charge in [0.1, 0.15) is 48.3 Å². The molecule has 4 N–H and O–H groups in total. The number of rotatable bonds is 8. The van der Waals surface area contributed by atoms with Gasteiger partial charge in [0.25, 0.3) is 0 Å². The van der Waals surface area contributed by atoms with Crippen molar-refractivity contribution in [3.8, 4) is 6.07 Å². The molecule has 4 rings (SSSR count). The van der Waals surface area contributed by atoms with E-state index in [4.69, 9.17) is 9.63 Å². The molecule has 1 saturated heterocycles. The monoisotopic (exact) mass is 508 g/mol. The van der Waals surface area contributed by atoms with Crippen LogP contribution in [0.15, 0.2) is 30.6 Å². The highest BCUT2D eigenvalue weighted by Gasteiger charge is 2.44. The standard InChI is InChI=1S/C20H22FN6O7P/c1-10(13-4-3-11(21)8-23-13)24-18-12-5-6-27(19(12)26-15(7-22)25-18)20-17(29)16(28)14(33-20)9-32-34-35(2,30)31/h3-6,8,10,14,16-17,20,28-29H,9H2,1-2H3,(H,30,31)(H,24,25,26)/t10?,14-,16-,17-,20-/m1/s1. The predicted octanol–water partition coefficient (Wildman–Crippen LogP) is 1.39. The molecule has 3 aromatic heterocycles. The number of nitrogens with zero attached hydrogens (tertiary/aromatic N) is 5. The Balaban J connectivity index is 1.60. The number of pyridine rings is 1. The molecule has 3 aromatic rings. The van der Waals surface area contributed by atoms with E-state index in [0.717, 1.165) is 12.9 Å². The Kier molecular flexibility index (Phi) is 7.11. The average Bonchev–Trinajstić information content (AvgIpc) is 3.35. The number of fused-ring (bicyclic) bond motifs is 1. The average molecular weight is 508 g/mol. The molecule has 13 nitrogen and oxygen atoms in total. The summed E-state index contributed by atoms with van der Waals surface area (Å²) in [5.74, 6) is -0.337. The SMILES string of the molecule is CC(Nc1nc(C#N)nc2c1ccn2[C@@H]1O[C@H](COOP(C)(=O)O)[C@@H](O)[C@H]1O)c1ccc(F)cn1. The van der Waals surface area contributed by atoms with Crippen LogP contribution in [0.5, 0.6) is 0 Å². The van der Waals surface area contributed by atoms with E-state index in [1.165, 1.54) is 16.7 Å². The first-order valence-electron chi connectivity index (χ1n) is 10.4. The van der Waals surface area contributed by atoms with Crippen LogP contribution in [0.25, 0.3) is 11.0 Å². The Morgan fingerprint density at radius 1 is 1.34 bits per heavy atom. The van der Waals surface area contributed by atoms with E-state index >= 15 is 0 Å². The van der Waals surface area contributed by atoms with Crippen molar-refractivity contribution in [3.63, 3.8) is 0 Å². The zero-order valence-corrected chi connectivity index (χ0v) is 19.4. The maximum Gasteiger partial charge on any atom is 0.352 e. The van der Waals surface area contributed by atoms with Gasteiger partial charge in [-0.15, -0.1) is 4.67 Å². The summed E-state index contributed by atoms with van der Waals surface area (Å²) in [5.41, 5.74) is 0.777. The normalized spacial score (nSPS) is 24.7. The van der Waals surface area contributed by atoms with Crippen molar-refractivity contribution in [1.82, 2.24) is 19.5 Å². The number of aromatic nitrogens is 4. The molecule has 0 amide bonds. The highest BCUT2D eigenvalue weighted by molar-refractivity contribution is 7.51.